The monoisotopic (exact) mass is 458 g/mol. The lowest BCUT2D eigenvalue weighted by atomic mass is 9.96. The van der Waals surface area contributed by atoms with E-state index >= 15 is 0 Å². The van der Waals surface area contributed by atoms with E-state index in [1.807, 2.05) is 0 Å². The molecule has 0 unspecified atom stereocenters. The molecule has 3 rings (SSSR count). The quantitative estimate of drug-likeness (QED) is 0.525. The largest absolute Gasteiger partial charge is 0.477 e. The molecule has 1 saturated heterocycles. The van der Waals surface area contributed by atoms with Crippen molar-refractivity contribution in [2.45, 2.75) is 25.6 Å². The highest BCUT2D eigenvalue weighted by molar-refractivity contribution is 7.17. The summed E-state index contributed by atoms with van der Waals surface area (Å²) >= 11 is 0.763. The Balaban J connectivity index is 1.51. The summed E-state index contributed by atoms with van der Waals surface area (Å²) in [6.45, 7) is 0.618. The van der Waals surface area contributed by atoms with Crippen LogP contribution in [0.1, 0.15) is 33.8 Å². The summed E-state index contributed by atoms with van der Waals surface area (Å²) in [5, 5.41) is 23.8. The number of likely N-dealkylation sites (tertiary alicyclic amines) is 1. The number of para-hydroxylation sites is 1. The zero-order valence-electron chi connectivity index (χ0n) is 16.3. The number of aromatic nitrogens is 1. The Morgan fingerprint density at radius 3 is 2.48 bits per heavy atom. The van der Waals surface area contributed by atoms with E-state index in [0.717, 1.165) is 17.4 Å². The van der Waals surface area contributed by atoms with Gasteiger partial charge in [0.15, 0.2) is 5.13 Å². The molecular formula is C19H21F3N4O4S. The molecule has 2 heterocycles. The smallest absolute Gasteiger partial charge is 0.418 e. The number of halogens is 3. The van der Waals surface area contributed by atoms with Gasteiger partial charge in [-0.25, -0.2) is 14.6 Å². The number of aliphatic hydroxyl groups excluding tert-OH is 1. The van der Waals surface area contributed by atoms with Gasteiger partial charge in [0.05, 0.1) is 17.9 Å². The van der Waals surface area contributed by atoms with Crippen molar-refractivity contribution in [1.29, 1.82) is 0 Å². The molecule has 1 fully saturated rings. The highest BCUT2D eigenvalue weighted by Gasteiger charge is 2.33. The summed E-state index contributed by atoms with van der Waals surface area (Å²) < 4.78 is 39.3. The Bertz CT molecular complexity index is 942. The molecule has 2 aromatic rings. The lowest BCUT2D eigenvalue weighted by Crippen LogP contribution is -2.42. The number of aliphatic hydroxyl groups is 1. The predicted molar refractivity (Wildman–Crippen MR) is 108 cm³/mol. The molecule has 8 nitrogen and oxygen atoms in total. The third kappa shape index (κ3) is 5.64. The van der Waals surface area contributed by atoms with E-state index in [-0.39, 0.29) is 27.3 Å². The van der Waals surface area contributed by atoms with Gasteiger partial charge in [0.25, 0.3) is 0 Å². The van der Waals surface area contributed by atoms with Gasteiger partial charge in [0.2, 0.25) is 0 Å². The van der Waals surface area contributed by atoms with Crippen molar-refractivity contribution in [3.63, 3.8) is 0 Å². The predicted octanol–water partition coefficient (Wildman–Crippen LogP) is 3.71. The van der Waals surface area contributed by atoms with Crippen LogP contribution in [-0.4, -0.2) is 51.7 Å². The van der Waals surface area contributed by atoms with Gasteiger partial charge in [0, 0.05) is 25.3 Å². The number of urea groups is 1. The first-order valence-electron chi connectivity index (χ1n) is 9.49. The molecule has 1 aliphatic rings. The first kappa shape index (κ1) is 22.8. The van der Waals surface area contributed by atoms with E-state index in [4.69, 9.17) is 5.11 Å². The second-order valence-electron chi connectivity index (χ2n) is 7.04. The second-order valence-corrected chi connectivity index (χ2v) is 8.04. The van der Waals surface area contributed by atoms with Gasteiger partial charge in [0.1, 0.15) is 4.88 Å². The molecule has 4 N–H and O–H groups in total. The molecule has 31 heavy (non-hydrogen) atoms. The Hall–Kier alpha value is -2.86. The third-order valence-corrected chi connectivity index (χ3v) is 5.97. The number of carbonyl (C=O) groups is 2. The van der Waals surface area contributed by atoms with Crippen molar-refractivity contribution in [3.8, 4) is 0 Å². The number of hydrogen-bond donors (Lipinski definition) is 4. The number of carboxylic acid groups (broad SMARTS) is 1. The minimum Gasteiger partial charge on any atom is -0.477 e. The fraction of sp³-hybridized carbons (Fsp3) is 0.421. The number of carbonyl (C=O) groups excluding carboxylic acids is 1. The molecule has 0 spiro atoms. The topological polar surface area (TPSA) is 115 Å². The standard InChI is InChI=1S/C19H21F3N4O4S/c20-19(21,22)12-3-1-2-4-13(12)23-9-11-5-7-26(8-6-11)18(30)25-17-24-14(10-27)15(31-17)16(28)29/h1-4,11,23,27H,5-10H2,(H,28,29)(H,24,25,30). The molecule has 12 heteroatoms. The van der Waals surface area contributed by atoms with E-state index in [1.54, 1.807) is 11.0 Å². The van der Waals surface area contributed by atoms with Crippen molar-refractivity contribution in [3.05, 3.63) is 40.4 Å². The highest BCUT2D eigenvalue weighted by atomic mass is 32.1. The number of rotatable bonds is 6. The number of carboxylic acids is 1. The molecule has 1 aromatic heterocycles. The number of nitrogens with one attached hydrogen (secondary N) is 2. The Labute approximate surface area is 179 Å². The molecule has 0 atom stereocenters. The summed E-state index contributed by atoms with van der Waals surface area (Å²) in [6.07, 6.45) is -3.22. The average Bonchev–Trinajstić information content (AvgIpc) is 3.15. The van der Waals surface area contributed by atoms with Gasteiger partial charge < -0.3 is 20.4 Å². The van der Waals surface area contributed by atoms with Crippen LogP contribution in [-0.2, 0) is 12.8 Å². The fourth-order valence-corrected chi connectivity index (χ4v) is 4.13. The SMILES string of the molecule is O=C(O)c1sc(NC(=O)N2CCC(CNc3ccccc3C(F)(F)F)CC2)nc1CO. The molecule has 0 saturated carbocycles. The Morgan fingerprint density at radius 1 is 1.23 bits per heavy atom. The van der Waals surface area contributed by atoms with Gasteiger partial charge in [-0.05, 0) is 30.9 Å². The number of benzene rings is 1. The molecule has 0 aliphatic carbocycles. The number of amides is 2. The number of thiazole rings is 1. The van der Waals surface area contributed by atoms with E-state index in [9.17, 15) is 27.9 Å². The molecular weight excluding hydrogens is 437 g/mol. The lowest BCUT2D eigenvalue weighted by Gasteiger charge is -2.32. The molecule has 1 aromatic carbocycles. The number of piperidine rings is 1. The van der Waals surface area contributed by atoms with Crippen LogP contribution in [0.2, 0.25) is 0 Å². The van der Waals surface area contributed by atoms with E-state index in [1.165, 1.54) is 12.1 Å². The van der Waals surface area contributed by atoms with Crippen molar-refractivity contribution >= 4 is 34.2 Å². The van der Waals surface area contributed by atoms with Gasteiger partial charge in [-0.2, -0.15) is 13.2 Å². The maximum absolute atomic E-state index is 13.1. The number of hydrogen-bond acceptors (Lipinski definition) is 6. The first-order chi connectivity index (χ1) is 14.7. The van der Waals surface area contributed by atoms with Crippen LogP contribution in [0.3, 0.4) is 0 Å². The number of alkyl halides is 3. The third-order valence-electron chi connectivity index (χ3n) is 4.97. The lowest BCUT2D eigenvalue weighted by molar-refractivity contribution is -0.137. The number of aromatic carboxylic acids is 1. The van der Waals surface area contributed by atoms with E-state index in [2.05, 4.69) is 15.6 Å². The summed E-state index contributed by atoms with van der Waals surface area (Å²) in [7, 11) is 0. The number of nitrogens with zero attached hydrogens (tertiary/aromatic N) is 2. The molecule has 168 valence electrons. The summed E-state index contributed by atoms with van der Waals surface area (Å²) in [6, 6.07) is 4.87. The van der Waals surface area contributed by atoms with Crippen LogP contribution in [0.25, 0.3) is 0 Å². The van der Waals surface area contributed by atoms with Crippen LogP contribution in [0.5, 0.6) is 0 Å². The zero-order chi connectivity index (χ0) is 22.6. The zero-order valence-corrected chi connectivity index (χ0v) is 17.1. The van der Waals surface area contributed by atoms with Crippen LogP contribution in [0.4, 0.5) is 28.8 Å². The van der Waals surface area contributed by atoms with E-state index < -0.39 is 30.3 Å². The van der Waals surface area contributed by atoms with Crippen molar-refractivity contribution in [1.82, 2.24) is 9.88 Å². The van der Waals surface area contributed by atoms with Gasteiger partial charge in [-0.3, -0.25) is 5.32 Å². The fourth-order valence-electron chi connectivity index (χ4n) is 3.33. The Morgan fingerprint density at radius 2 is 1.90 bits per heavy atom. The van der Waals surface area contributed by atoms with Crippen LogP contribution < -0.4 is 10.6 Å². The molecule has 1 aliphatic heterocycles. The first-order valence-corrected chi connectivity index (χ1v) is 10.3. The van der Waals surface area contributed by atoms with Crippen LogP contribution in [0, 0.1) is 5.92 Å². The van der Waals surface area contributed by atoms with Gasteiger partial charge >= 0.3 is 18.2 Å². The summed E-state index contributed by atoms with van der Waals surface area (Å²) in [5.41, 5.74) is -0.692. The molecule has 2 amide bonds. The van der Waals surface area contributed by atoms with E-state index in [0.29, 0.717) is 32.5 Å². The van der Waals surface area contributed by atoms with Crippen LogP contribution in [0.15, 0.2) is 24.3 Å². The summed E-state index contributed by atoms with van der Waals surface area (Å²) in [4.78, 5) is 28.9. The van der Waals surface area contributed by atoms with Crippen molar-refractivity contribution in [2.75, 3.05) is 30.3 Å². The van der Waals surface area contributed by atoms with Gasteiger partial charge in [-0.1, -0.05) is 23.5 Å². The maximum atomic E-state index is 13.1. The van der Waals surface area contributed by atoms with Crippen molar-refractivity contribution in [2.24, 2.45) is 5.92 Å². The Kier molecular flexibility index (Phi) is 7.01. The minimum absolute atomic E-state index is 0.0169. The average molecular weight is 458 g/mol. The normalized spacial score (nSPS) is 15.0. The highest BCUT2D eigenvalue weighted by Crippen LogP contribution is 2.35. The molecule has 0 bridgehead atoms. The number of anilines is 2. The molecule has 0 radical (unpaired) electrons. The second kappa shape index (κ2) is 9.52. The summed E-state index contributed by atoms with van der Waals surface area (Å²) in [5.74, 6) is -1.13. The van der Waals surface area contributed by atoms with Crippen molar-refractivity contribution < 1.29 is 33.0 Å². The van der Waals surface area contributed by atoms with Crippen LogP contribution >= 0.6 is 11.3 Å². The van der Waals surface area contributed by atoms with Gasteiger partial charge in [-0.15, -0.1) is 0 Å². The maximum Gasteiger partial charge on any atom is 0.418 e. The minimum atomic E-state index is -4.43.